The normalized spacial score (nSPS) is 33.7. The van der Waals surface area contributed by atoms with Gasteiger partial charge in [0.1, 0.15) is 5.60 Å². The van der Waals surface area contributed by atoms with E-state index in [1.165, 1.54) is 5.57 Å². The SMILES string of the molecule is CC(C)(C)OC(=O)N1CCC2CC21C1=CCOCC1. The third-order valence-electron chi connectivity index (χ3n) is 4.39. The molecule has 2 atom stereocenters. The van der Waals surface area contributed by atoms with Crippen LogP contribution >= 0.6 is 0 Å². The molecule has 3 rings (SSSR count). The molecule has 2 heterocycles. The zero-order chi connectivity index (χ0) is 13.7. The van der Waals surface area contributed by atoms with E-state index < -0.39 is 5.60 Å². The molecule has 106 valence electrons. The molecule has 2 unspecified atom stereocenters. The molecule has 0 N–H and O–H groups in total. The number of ether oxygens (including phenoxy) is 2. The summed E-state index contributed by atoms with van der Waals surface area (Å²) in [6.45, 7) is 8.06. The van der Waals surface area contributed by atoms with Gasteiger partial charge in [0.25, 0.3) is 0 Å². The van der Waals surface area contributed by atoms with E-state index in [2.05, 4.69) is 6.08 Å². The van der Waals surface area contributed by atoms with Gasteiger partial charge in [0, 0.05) is 6.54 Å². The van der Waals surface area contributed by atoms with Crippen LogP contribution in [0.15, 0.2) is 11.6 Å². The second-order valence-electron chi connectivity index (χ2n) is 6.80. The zero-order valence-electron chi connectivity index (χ0n) is 12.1. The number of amides is 1. The summed E-state index contributed by atoms with van der Waals surface area (Å²) in [6.07, 6.45) is 5.19. The van der Waals surface area contributed by atoms with Crippen molar-refractivity contribution in [2.75, 3.05) is 19.8 Å². The van der Waals surface area contributed by atoms with Crippen molar-refractivity contribution in [1.29, 1.82) is 0 Å². The van der Waals surface area contributed by atoms with Crippen LogP contribution in [0.2, 0.25) is 0 Å². The minimum atomic E-state index is -0.421. The second kappa shape index (κ2) is 4.23. The highest BCUT2D eigenvalue weighted by Crippen LogP contribution is 2.60. The lowest BCUT2D eigenvalue weighted by molar-refractivity contribution is 0.0194. The number of hydrogen-bond acceptors (Lipinski definition) is 3. The Morgan fingerprint density at radius 2 is 2.32 bits per heavy atom. The highest BCUT2D eigenvalue weighted by Gasteiger charge is 2.65. The minimum absolute atomic E-state index is 0.0217. The van der Waals surface area contributed by atoms with Crippen molar-refractivity contribution in [3.63, 3.8) is 0 Å². The number of carbonyl (C=O) groups excluding carboxylic acids is 1. The molecular formula is C15H23NO3. The van der Waals surface area contributed by atoms with E-state index in [1.54, 1.807) is 0 Å². The maximum atomic E-state index is 12.4. The quantitative estimate of drug-likeness (QED) is 0.684. The Morgan fingerprint density at radius 1 is 1.53 bits per heavy atom. The summed E-state index contributed by atoms with van der Waals surface area (Å²) in [6, 6.07) is 0. The molecule has 0 radical (unpaired) electrons. The van der Waals surface area contributed by atoms with E-state index in [-0.39, 0.29) is 11.6 Å². The molecule has 0 spiro atoms. The fourth-order valence-electron chi connectivity index (χ4n) is 3.53. The van der Waals surface area contributed by atoms with Gasteiger partial charge >= 0.3 is 6.09 Å². The molecule has 4 heteroatoms. The smallest absolute Gasteiger partial charge is 0.411 e. The van der Waals surface area contributed by atoms with Gasteiger partial charge in [-0.15, -0.1) is 0 Å². The molecular weight excluding hydrogens is 242 g/mol. The van der Waals surface area contributed by atoms with E-state index in [1.807, 2.05) is 25.7 Å². The van der Waals surface area contributed by atoms with Gasteiger partial charge in [-0.1, -0.05) is 6.08 Å². The number of likely N-dealkylation sites (tertiary alicyclic amines) is 1. The number of rotatable bonds is 1. The van der Waals surface area contributed by atoms with Crippen molar-refractivity contribution in [2.45, 2.75) is 51.2 Å². The molecule has 0 aromatic carbocycles. The molecule has 1 aliphatic carbocycles. The van der Waals surface area contributed by atoms with Gasteiger partial charge < -0.3 is 9.47 Å². The van der Waals surface area contributed by atoms with Crippen molar-refractivity contribution in [2.24, 2.45) is 5.92 Å². The lowest BCUT2D eigenvalue weighted by atomic mass is 9.98. The molecule has 2 aliphatic heterocycles. The molecule has 1 amide bonds. The van der Waals surface area contributed by atoms with Crippen LogP contribution in [0.3, 0.4) is 0 Å². The summed E-state index contributed by atoms with van der Waals surface area (Å²) < 4.78 is 11.0. The predicted octanol–water partition coefficient (Wildman–Crippen LogP) is 2.73. The third-order valence-corrected chi connectivity index (χ3v) is 4.39. The van der Waals surface area contributed by atoms with E-state index in [0.717, 1.165) is 32.4 Å². The molecule has 3 aliphatic rings. The van der Waals surface area contributed by atoms with E-state index in [4.69, 9.17) is 9.47 Å². The number of carbonyl (C=O) groups is 1. The van der Waals surface area contributed by atoms with Gasteiger partial charge in [-0.05, 0) is 51.5 Å². The first kappa shape index (κ1) is 13.0. The van der Waals surface area contributed by atoms with Crippen molar-refractivity contribution < 1.29 is 14.3 Å². The first-order chi connectivity index (χ1) is 8.93. The topological polar surface area (TPSA) is 38.8 Å². The van der Waals surface area contributed by atoms with Crippen LogP contribution in [0, 0.1) is 5.92 Å². The number of fused-ring (bicyclic) bond motifs is 1. The predicted molar refractivity (Wildman–Crippen MR) is 71.9 cm³/mol. The Bertz CT molecular complexity index is 424. The fraction of sp³-hybridized carbons (Fsp3) is 0.800. The van der Waals surface area contributed by atoms with Crippen molar-refractivity contribution in [3.05, 3.63) is 11.6 Å². The van der Waals surface area contributed by atoms with Gasteiger partial charge in [0.15, 0.2) is 0 Å². The summed E-state index contributed by atoms with van der Waals surface area (Å²) in [4.78, 5) is 14.4. The van der Waals surface area contributed by atoms with Gasteiger partial charge in [0.05, 0.1) is 18.8 Å². The Balaban J connectivity index is 1.79. The Hall–Kier alpha value is -1.03. The maximum absolute atomic E-state index is 12.4. The average molecular weight is 265 g/mol. The first-order valence-electron chi connectivity index (χ1n) is 7.21. The van der Waals surface area contributed by atoms with Gasteiger partial charge in [-0.2, -0.15) is 0 Å². The summed E-state index contributed by atoms with van der Waals surface area (Å²) in [5.41, 5.74) is 0.952. The lowest BCUT2D eigenvalue weighted by Crippen LogP contribution is -2.44. The molecule has 4 nitrogen and oxygen atoms in total. The highest BCUT2D eigenvalue weighted by molar-refractivity contribution is 5.72. The van der Waals surface area contributed by atoms with Crippen molar-refractivity contribution in [3.8, 4) is 0 Å². The van der Waals surface area contributed by atoms with Gasteiger partial charge in [-0.25, -0.2) is 4.79 Å². The van der Waals surface area contributed by atoms with Gasteiger partial charge in [0.2, 0.25) is 0 Å². The number of nitrogens with zero attached hydrogens (tertiary/aromatic N) is 1. The van der Waals surface area contributed by atoms with Gasteiger partial charge in [-0.3, -0.25) is 4.90 Å². The zero-order valence-corrected chi connectivity index (χ0v) is 12.1. The number of piperidine rings is 1. The van der Waals surface area contributed by atoms with E-state index >= 15 is 0 Å². The van der Waals surface area contributed by atoms with Crippen LogP contribution in [-0.4, -0.2) is 41.9 Å². The fourth-order valence-corrected chi connectivity index (χ4v) is 3.53. The molecule has 19 heavy (non-hydrogen) atoms. The van der Waals surface area contributed by atoms with E-state index in [0.29, 0.717) is 12.5 Å². The maximum Gasteiger partial charge on any atom is 0.411 e. The van der Waals surface area contributed by atoms with E-state index in [9.17, 15) is 4.79 Å². The average Bonchev–Trinajstić information content (AvgIpc) is 2.95. The molecule has 1 saturated heterocycles. The van der Waals surface area contributed by atoms with Crippen molar-refractivity contribution >= 4 is 6.09 Å². The molecule has 2 fully saturated rings. The first-order valence-corrected chi connectivity index (χ1v) is 7.21. The molecule has 0 aromatic heterocycles. The van der Waals surface area contributed by atoms with Crippen molar-refractivity contribution in [1.82, 2.24) is 4.90 Å². The molecule has 0 bridgehead atoms. The van der Waals surface area contributed by atoms with Crippen LogP contribution in [0.1, 0.15) is 40.0 Å². The summed E-state index contributed by atoms with van der Waals surface area (Å²) >= 11 is 0. The second-order valence-corrected chi connectivity index (χ2v) is 6.80. The minimum Gasteiger partial charge on any atom is -0.444 e. The van der Waals surface area contributed by atoms with Crippen LogP contribution in [0.5, 0.6) is 0 Å². The summed E-state index contributed by atoms with van der Waals surface area (Å²) in [5, 5.41) is 0. The van der Waals surface area contributed by atoms with Crippen LogP contribution in [-0.2, 0) is 9.47 Å². The highest BCUT2D eigenvalue weighted by atomic mass is 16.6. The molecule has 1 saturated carbocycles. The Labute approximate surface area is 114 Å². The largest absolute Gasteiger partial charge is 0.444 e. The monoisotopic (exact) mass is 265 g/mol. The van der Waals surface area contributed by atoms with Crippen LogP contribution in [0.25, 0.3) is 0 Å². The number of hydrogen-bond donors (Lipinski definition) is 0. The lowest BCUT2D eigenvalue weighted by Gasteiger charge is -2.33. The third kappa shape index (κ3) is 2.16. The summed E-state index contributed by atoms with van der Waals surface area (Å²) in [5.74, 6) is 0.643. The van der Waals surface area contributed by atoms with Crippen LogP contribution < -0.4 is 0 Å². The summed E-state index contributed by atoms with van der Waals surface area (Å²) in [7, 11) is 0. The molecule has 0 aromatic rings. The Morgan fingerprint density at radius 3 is 2.89 bits per heavy atom. The van der Waals surface area contributed by atoms with Crippen LogP contribution in [0.4, 0.5) is 4.79 Å². The standard InChI is InChI=1S/C15H23NO3/c1-14(2,3)19-13(17)16-7-4-12-10-15(12,16)11-5-8-18-9-6-11/h5,12H,4,6-10H2,1-3H3. The Kier molecular flexibility index (Phi) is 2.89.